The molecular formula is C14H19BBr2O2. The first-order chi connectivity index (χ1) is 8.80. The smallest absolute Gasteiger partial charge is 0.399 e. The zero-order valence-electron chi connectivity index (χ0n) is 11.8. The molecule has 1 aromatic rings. The molecular weight excluding hydrogens is 371 g/mol. The lowest BCUT2D eigenvalue weighted by Gasteiger charge is -2.32. The molecule has 0 spiro atoms. The molecule has 1 fully saturated rings. The van der Waals surface area contributed by atoms with Gasteiger partial charge in [-0.15, -0.1) is 0 Å². The molecule has 1 saturated heterocycles. The summed E-state index contributed by atoms with van der Waals surface area (Å²) in [5.41, 5.74) is 3.00. The van der Waals surface area contributed by atoms with Crippen LogP contribution in [0.5, 0.6) is 0 Å². The average molecular weight is 390 g/mol. The normalized spacial score (nSPS) is 20.8. The van der Waals surface area contributed by atoms with Crippen molar-refractivity contribution in [1.82, 2.24) is 0 Å². The van der Waals surface area contributed by atoms with E-state index in [4.69, 9.17) is 9.31 Å². The van der Waals surface area contributed by atoms with Crippen LogP contribution >= 0.6 is 31.9 Å². The fraction of sp³-hybridized carbons (Fsp3) is 0.571. The largest absolute Gasteiger partial charge is 0.495 e. The molecule has 2 rings (SSSR count). The van der Waals surface area contributed by atoms with E-state index < -0.39 is 0 Å². The highest BCUT2D eigenvalue weighted by Crippen LogP contribution is 2.36. The molecule has 1 heterocycles. The van der Waals surface area contributed by atoms with Crippen LogP contribution in [0.15, 0.2) is 18.2 Å². The van der Waals surface area contributed by atoms with Crippen molar-refractivity contribution in [3.8, 4) is 0 Å². The predicted molar refractivity (Wildman–Crippen MR) is 87.4 cm³/mol. The molecule has 0 aromatic heterocycles. The fourth-order valence-electron chi connectivity index (χ4n) is 2.06. The van der Waals surface area contributed by atoms with E-state index >= 15 is 0 Å². The van der Waals surface area contributed by atoms with Gasteiger partial charge in [-0.25, -0.2) is 0 Å². The SMILES string of the molecule is CC1(C)OB(c2ccc(CBr)cc2CBr)OC1(C)C. The Kier molecular flexibility index (Phi) is 4.51. The van der Waals surface area contributed by atoms with Gasteiger partial charge in [0, 0.05) is 10.7 Å². The Morgan fingerprint density at radius 1 is 1.00 bits per heavy atom. The fourth-order valence-corrected chi connectivity index (χ4v) is 2.89. The van der Waals surface area contributed by atoms with E-state index in [2.05, 4.69) is 77.8 Å². The molecule has 5 heteroatoms. The molecule has 0 radical (unpaired) electrons. The number of rotatable bonds is 3. The van der Waals surface area contributed by atoms with Crippen LogP contribution < -0.4 is 5.46 Å². The quantitative estimate of drug-likeness (QED) is 0.578. The molecule has 2 nitrogen and oxygen atoms in total. The summed E-state index contributed by atoms with van der Waals surface area (Å²) in [6.45, 7) is 8.31. The molecule has 0 atom stereocenters. The van der Waals surface area contributed by atoms with Crippen LogP contribution in [0.1, 0.15) is 38.8 Å². The molecule has 1 aromatic carbocycles. The lowest BCUT2D eigenvalue weighted by atomic mass is 9.76. The summed E-state index contributed by atoms with van der Waals surface area (Å²) in [7, 11) is -0.290. The second kappa shape index (κ2) is 5.51. The van der Waals surface area contributed by atoms with Crippen molar-refractivity contribution in [2.24, 2.45) is 0 Å². The summed E-state index contributed by atoms with van der Waals surface area (Å²) >= 11 is 7.04. The molecule has 0 bridgehead atoms. The van der Waals surface area contributed by atoms with Crippen molar-refractivity contribution in [2.45, 2.75) is 49.6 Å². The maximum atomic E-state index is 6.11. The van der Waals surface area contributed by atoms with E-state index in [0.717, 1.165) is 16.1 Å². The Labute approximate surface area is 132 Å². The van der Waals surface area contributed by atoms with E-state index in [1.165, 1.54) is 11.1 Å². The first kappa shape index (κ1) is 15.6. The van der Waals surface area contributed by atoms with Crippen LogP contribution in [0.3, 0.4) is 0 Å². The highest BCUT2D eigenvalue weighted by Gasteiger charge is 2.52. The first-order valence-electron chi connectivity index (χ1n) is 6.40. The zero-order chi connectivity index (χ0) is 14.3. The number of benzene rings is 1. The standard InChI is InChI=1S/C14H19BBr2O2/c1-13(2)14(3,4)19-15(18-13)12-6-5-10(8-16)7-11(12)9-17/h5-7H,8-9H2,1-4H3. The van der Waals surface area contributed by atoms with Crippen LogP contribution in [0.2, 0.25) is 0 Å². The third kappa shape index (κ3) is 2.94. The summed E-state index contributed by atoms with van der Waals surface area (Å²) in [4.78, 5) is 0. The minimum atomic E-state index is -0.296. The lowest BCUT2D eigenvalue weighted by Crippen LogP contribution is -2.41. The molecule has 1 aliphatic heterocycles. The minimum absolute atomic E-state index is 0.290. The van der Waals surface area contributed by atoms with Gasteiger partial charge in [-0.2, -0.15) is 0 Å². The molecule has 0 unspecified atom stereocenters. The third-order valence-electron chi connectivity index (χ3n) is 4.01. The van der Waals surface area contributed by atoms with Crippen LogP contribution in [0.4, 0.5) is 0 Å². The number of halogens is 2. The molecule has 0 N–H and O–H groups in total. The number of hydrogen-bond donors (Lipinski definition) is 0. The van der Waals surface area contributed by atoms with Crippen molar-refractivity contribution in [3.05, 3.63) is 29.3 Å². The molecule has 0 aliphatic carbocycles. The third-order valence-corrected chi connectivity index (χ3v) is 5.26. The van der Waals surface area contributed by atoms with Gasteiger partial charge in [-0.1, -0.05) is 50.1 Å². The van der Waals surface area contributed by atoms with Gasteiger partial charge in [0.25, 0.3) is 0 Å². The van der Waals surface area contributed by atoms with Gasteiger partial charge in [0.05, 0.1) is 11.2 Å². The summed E-state index contributed by atoms with van der Waals surface area (Å²) < 4.78 is 12.2. The Balaban J connectivity index is 2.34. The zero-order valence-corrected chi connectivity index (χ0v) is 15.0. The first-order valence-corrected chi connectivity index (χ1v) is 8.64. The summed E-state index contributed by atoms with van der Waals surface area (Å²) in [6, 6.07) is 6.40. The van der Waals surface area contributed by atoms with Crippen LogP contribution in [0, 0.1) is 0 Å². The van der Waals surface area contributed by atoms with Crippen LogP contribution in [-0.2, 0) is 20.0 Å². The van der Waals surface area contributed by atoms with Crippen molar-refractivity contribution in [2.75, 3.05) is 0 Å². The maximum absolute atomic E-state index is 6.11. The van der Waals surface area contributed by atoms with Gasteiger partial charge in [-0.05, 0) is 44.3 Å². The van der Waals surface area contributed by atoms with Crippen molar-refractivity contribution in [1.29, 1.82) is 0 Å². The summed E-state index contributed by atoms with van der Waals surface area (Å²) in [6.07, 6.45) is 0. The maximum Gasteiger partial charge on any atom is 0.495 e. The van der Waals surface area contributed by atoms with Crippen LogP contribution in [0.25, 0.3) is 0 Å². The van der Waals surface area contributed by atoms with E-state index in [0.29, 0.717) is 0 Å². The Morgan fingerprint density at radius 2 is 1.58 bits per heavy atom. The van der Waals surface area contributed by atoms with Gasteiger partial charge >= 0.3 is 7.12 Å². The highest BCUT2D eigenvalue weighted by atomic mass is 79.9. The van der Waals surface area contributed by atoms with Gasteiger partial charge < -0.3 is 9.31 Å². The van der Waals surface area contributed by atoms with E-state index in [-0.39, 0.29) is 18.3 Å². The topological polar surface area (TPSA) is 18.5 Å². The second-order valence-corrected chi connectivity index (χ2v) is 7.01. The summed E-state index contributed by atoms with van der Waals surface area (Å²) in [5.74, 6) is 0. The summed E-state index contributed by atoms with van der Waals surface area (Å²) in [5, 5.41) is 1.66. The minimum Gasteiger partial charge on any atom is -0.399 e. The van der Waals surface area contributed by atoms with E-state index in [9.17, 15) is 0 Å². The van der Waals surface area contributed by atoms with Gasteiger partial charge in [0.15, 0.2) is 0 Å². The van der Waals surface area contributed by atoms with Gasteiger partial charge in [0.2, 0.25) is 0 Å². The molecule has 0 amide bonds. The van der Waals surface area contributed by atoms with E-state index in [1.54, 1.807) is 0 Å². The Hall–Kier alpha value is 0.165. The number of hydrogen-bond acceptors (Lipinski definition) is 2. The second-order valence-electron chi connectivity index (χ2n) is 5.89. The highest BCUT2D eigenvalue weighted by molar-refractivity contribution is 9.08. The average Bonchev–Trinajstić information content (AvgIpc) is 2.57. The van der Waals surface area contributed by atoms with Crippen LogP contribution in [-0.4, -0.2) is 18.3 Å². The monoisotopic (exact) mass is 388 g/mol. The van der Waals surface area contributed by atoms with Crippen molar-refractivity contribution in [3.63, 3.8) is 0 Å². The number of alkyl halides is 2. The molecule has 19 heavy (non-hydrogen) atoms. The lowest BCUT2D eigenvalue weighted by molar-refractivity contribution is 0.00578. The molecule has 1 aliphatic rings. The Bertz CT molecular complexity index is 459. The predicted octanol–water partition coefficient (Wildman–Crippen LogP) is 3.78. The van der Waals surface area contributed by atoms with Crippen molar-refractivity contribution < 1.29 is 9.31 Å². The molecule has 104 valence electrons. The van der Waals surface area contributed by atoms with Gasteiger partial charge in [0.1, 0.15) is 0 Å². The van der Waals surface area contributed by atoms with E-state index in [1.807, 2.05) is 0 Å². The molecule has 0 saturated carbocycles. The van der Waals surface area contributed by atoms with Crippen molar-refractivity contribution >= 4 is 44.4 Å². The van der Waals surface area contributed by atoms with Gasteiger partial charge in [-0.3, -0.25) is 0 Å². The Morgan fingerprint density at radius 3 is 2.05 bits per heavy atom.